The highest BCUT2D eigenvalue weighted by molar-refractivity contribution is 6.37. The number of aliphatic hydroxyl groups is 2. The molecule has 0 heterocycles. The van der Waals surface area contributed by atoms with Crippen molar-refractivity contribution < 1.29 is 39.3 Å². The Kier molecular flexibility index (Phi) is 5.31. The van der Waals surface area contributed by atoms with Crippen molar-refractivity contribution in [2.75, 3.05) is 24.7 Å². The normalized spacial score (nSPS) is 34.9. The summed E-state index contributed by atoms with van der Waals surface area (Å²) in [5.41, 5.74) is 8.05. The molecule has 12 heteroatoms. The Labute approximate surface area is 198 Å². The van der Waals surface area contributed by atoms with E-state index in [4.69, 9.17) is 23.1 Å². The molecule has 0 saturated heterocycles. The number of halogens is 1. The van der Waals surface area contributed by atoms with Gasteiger partial charge in [0, 0.05) is 32.4 Å². The van der Waals surface area contributed by atoms with E-state index in [2.05, 4.69) is 0 Å². The zero-order chi connectivity index (χ0) is 25.6. The van der Waals surface area contributed by atoms with Crippen molar-refractivity contribution in [3.63, 3.8) is 0 Å². The van der Waals surface area contributed by atoms with Crippen LogP contribution < -0.4 is 16.4 Å². The first-order valence-corrected chi connectivity index (χ1v) is 10.9. The third-order valence-electron chi connectivity index (χ3n) is 7.52. The minimum atomic E-state index is -2.97. The molecular formula is C22H24ClN3O8. The summed E-state index contributed by atoms with van der Waals surface area (Å²) < 4.78 is 0. The Morgan fingerprint density at radius 1 is 1.18 bits per heavy atom. The number of primary amides is 1. The predicted molar refractivity (Wildman–Crippen MR) is 118 cm³/mol. The summed E-state index contributed by atoms with van der Waals surface area (Å²) in [7, 11) is 3.26. The molecular weight excluding hydrogens is 470 g/mol. The zero-order valence-corrected chi connectivity index (χ0v) is 19.3. The number of Topliss-reactive ketones (excluding diaryl/α,β-unsaturated/α-hetero) is 4. The average Bonchev–Trinajstić information content (AvgIpc) is 2.74. The Hall–Kier alpha value is -3.02. The summed E-state index contributed by atoms with van der Waals surface area (Å²) in [6.45, 7) is 1.60. The molecule has 7 N–H and O–H groups in total. The maximum Gasteiger partial charge on any atom is 0.235 e. The molecule has 0 radical (unpaired) electrons. The van der Waals surface area contributed by atoms with Crippen LogP contribution in [0.2, 0.25) is 5.02 Å². The van der Waals surface area contributed by atoms with Crippen LogP contribution in [0.3, 0.4) is 0 Å². The molecule has 2 unspecified atom stereocenters. The molecule has 7 atom stereocenters. The number of nitrogen functional groups attached to an aromatic ring is 1. The summed E-state index contributed by atoms with van der Waals surface area (Å²) in [6, 6.07) is 0. The van der Waals surface area contributed by atoms with Gasteiger partial charge in [0.2, 0.25) is 5.91 Å². The highest BCUT2D eigenvalue weighted by atomic mass is 35.5. The molecule has 1 amide bonds. The number of benzene rings is 1. The number of aromatic hydroxyl groups is 1. The second kappa shape index (κ2) is 7.49. The summed E-state index contributed by atoms with van der Waals surface area (Å²) in [4.78, 5) is 66.0. The van der Waals surface area contributed by atoms with Crippen LogP contribution in [0.5, 0.6) is 5.75 Å². The molecule has 2 saturated carbocycles. The quantitative estimate of drug-likeness (QED) is 0.196. The Bertz CT molecular complexity index is 1200. The fourth-order valence-electron chi connectivity index (χ4n) is 5.96. The van der Waals surface area contributed by atoms with E-state index in [0.717, 1.165) is 0 Å². The first kappa shape index (κ1) is 24.1. The molecule has 0 bridgehead atoms. The molecule has 1 aromatic rings. The van der Waals surface area contributed by atoms with Crippen molar-refractivity contribution in [2.45, 2.75) is 31.0 Å². The number of carbonyl (C=O) groups is 5. The van der Waals surface area contributed by atoms with Gasteiger partial charge in [-0.25, -0.2) is 0 Å². The number of hydrogen-bond donors (Lipinski definition) is 5. The Balaban J connectivity index is 1.97. The van der Waals surface area contributed by atoms with Crippen molar-refractivity contribution in [3.8, 4) is 5.75 Å². The van der Waals surface area contributed by atoms with Gasteiger partial charge in [-0.3, -0.25) is 24.0 Å². The summed E-state index contributed by atoms with van der Waals surface area (Å²) in [5, 5.41) is 33.2. The predicted octanol–water partition coefficient (Wildman–Crippen LogP) is -0.840. The summed E-state index contributed by atoms with van der Waals surface area (Å²) in [6.07, 6.45) is -2.32. The monoisotopic (exact) mass is 493 g/mol. The number of ketones is 4. The maximum atomic E-state index is 13.6. The van der Waals surface area contributed by atoms with E-state index >= 15 is 0 Å². The van der Waals surface area contributed by atoms with Gasteiger partial charge in [-0.2, -0.15) is 0 Å². The van der Waals surface area contributed by atoms with Gasteiger partial charge in [0.15, 0.2) is 40.4 Å². The van der Waals surface area contributed by atoms with Crippen LogP contribution in [0.15, 0.2) is 0 Å². The van der Waals surface area contributed by atoms with Crippen LogP contribution in [0.25, 0.3) is 0 Å². The lowest BCUT2D eigenvalue weighted by molar-refractivity contribution is -0.189. The second-order valence-electron chi connectivity index (χ2n) is 9.41. The van der Waals surface area contributed by atoms with Crippen molar-refractivity contribution in [1.29, 1.82) is 0 Å². The standard InChI is InChI=1S/C22H24ClN3O8/c1-5-8-11(18(30)14(24)13(23)15(8)26(2)3)17(29)12-9(5)16(28)6-4-7(27)10(21(25)33)19(31)22(6,34)20(12)32/h5-6,9-10,12,16,28,30,34H,4,24H2,1-3H3,(H2,25,33)/t5-,6-,9-,10?,12?,16-,22-/m1/s1. The van der Waals surface area contributed by atoms with E-state index in [1.165, 1.54) is 0 Å². The number of fused-ring (bicyclic) bond motifs is 3. The highest BCUT2D eigenvalue weighted by Crippen LogP contribution is 2.57. The maximum absolute atomic E-state index is 13.6. The van der Waals surface area contributed by atoms with E-state index in [9.17, 15) is 39.3 Å². The molecule has 3 aliphatic rings. The van der Waals surface area contributed by atoms with Gasteiger partial charge in [0.25, 0.3) is 0 Å². The topological polar surface area (TPSA) is 201 Å². The van der Waals surface area contributed by atoms with Crippen molar-refractivity contribution in [3.05, 3.63) is 16.1 Å². The van der Waals surface area contributed by atoms with Gasteiger partial charge in [-0.05, 0) is 11.5 Å². The number of carbonyl (C=O) groups excluding carboxylic acids is 5. The van der Waals surface area contributed by atoms with E-state index in [-0.39, 0.29) is 21.8 Å². The molecule has 0 spiro atoms. The van der Waals surface area contributed by atoms with Gasteiger partial charge in [0.1, 0.15) is 0 Å². The lowest BCUT2D eigenvalue weighted by atomic mass is 9.50. The van der Waals surface area contributed by atoms with E-state index in [1.807, 2.05) is 0 Å². The Morgan fingerprint density at radius 3 is 2.29 bits per heavy atom. The van der Waals surface area contributed by atoms with Gasteiger partial charge >= 0.3 is 0 Å². The molecule has 2 fully saturated rings. The lowest BCUT2D eigenvalue weighted by Crippen LogP contribution is -2.72. The first-order chi connectivity index (χ1) is 15.7. The van der Waals surface area contributed by atoms with Crippen LogP contribution >= 0.6 is 11.6 Å². The summed E-state index contributed by atoms with van der Waals surface area (Å²) >= 11 is 6.36. The molecule has 1 aromatic carbocycles. The number of hydrogen-bond acceptors (Lipinski definition) is 10. The van der Waals surface area contributed by atoms with Crippen molar-refractivity contribution in [1.82, 2.24) is 0 Å². The number of nitrogens with zero attached hydrogens (tertiary/aromatic N) is 1. The zero-order valence-electron chi connectivity index (χ0n) is 18.5. The van der Waals surface area contributed by atoms with Crippen LogP contribution in [-0.4, -0.2) is 70.2 Å². The number of amides is 1. The molecule has 4 rings (SSSR count). The Morgan fingerprint density at radius 2 is 1.76 bits per heavy atom. The third-order valence-corrected chi connectivity index (χ3v) is 7.90. The van der Waals surface area contributed by atoms with E-state index in [0.29, 0.717) is 5.69 Å². The average molecular weight is 494 g/mol. The van der Waals surface area contributed by atoms with E-state index in [1.54, 1.807) is 25.9 Å². The van der Waals surface area contributed by atoms with Crippen LogP contribution in [0.4, 0.5) is 11.4 Å². The van der Waals surface area contributed by atoms with Gasteiger partial charge in [0.05, 0.1) is 34.0 Å². The molecule has 34 heavy (non-hydrogen) atoms. The molecule has 3 aliphatic carbocycles. The van der Waals surface area contributed by atoms with Crippen LogP contribution in [0.1, 0.15) is 35.2 Å². The number of phenolic OH excluding ortho intramolecular Hbond substituents is 1. The number of anilines is 2. The lowest BCUT2D eigenvalue weighted by Gasteiger charge is -2.53. The minimum absolute atomic E-state index is 0.0280. The fraction of sp³-hybridized carbons (Fsp3) is 0.500. The van der Waals surface area contributed by atoms with Gasteiger partial charge in [-0.1, -0.05) is 18.5 Å². The highest BCUT2D eigenvalue weighted by Gasteiger charge is 2.70. The van der Waals surface area contributed by atoms with Gasteiger partial charge < -0.3 is 31.7 Å². The second-order valence-corrected chi connectivity index (χ2v) is 9.79. The number of nitrogens with two attached hydrogens (primary N) is 2. The molecule has 11 nitrogen and oxygen atoms in total. The molecule has 0 aliphatic heterocycles. The van der Waals surface area contributed by atoms with E-state index < -0.39 is 82.5 Å². The minimum Gasteiger partial charge on any atom is -0.505 e. The SMILES string of the molecule is C[C@@H]1c2c(c(O)c(N)c(Cl)c2N(C)C)C(=O)C2C(=O)[C@]3(O)C(=O)C(C(N)=O)C(=O)C[C@@H]3[C@@H](O)[C@@H]21. The van der Waals surface area contributed by atoms with Crippen molar-refractivity contribution in [2.24, 2.45) is 29.4 Å². The number of rotatable bonds is 2. The number of aliphatic hydroxyl groups excluding tert-OH is 1. The molecule has 182 valence electrons. The van der Waals surface area contributed by atoms with Gasteiger partial charge in [-0.15, -0.1) is 0 Å². The van der Waals surface area contributed by atoms with Crippen LogP contribution in [-0.2, 0) is 19.2 Å². The summed E-state index contributed by atoms with van der Waals surface area (Å²) in [5.74, 6) is -13.9. The third kappa shape index (κ3) is 2.74. The first-order valence-electron chi connectivity index (χ1n) is 10.6. The van der Waals surface area contributed by atoms with Crippen LogP contribution in [0, 0.1) is 23.7 Å². The number of phenols is 1. The smallest absolute Gasteiger partial charge is 0.235 e. The molecule has 0 aromatic heterocycles. The largest absolute Gasteiger partial charge is 0.505 e. The van der Waals surface area contributed by atoms with Crippen molar-refractivity contribution >= 4 is 52.0 Å². The fourth-order valence-corrected chi connectivity index (χ4v) is 6.32.